The van der Waals surface area contributed by atoms with Crippen molar-refractivity contribution < 1.29 is 14.3 Å². The standard InChI is InChI=1S/C21H20N2O4S2/c1-26-13-7-10-8-16(18(24)12(10)9-14(13)27-2)29-21-22-19(25)17-11-5-3-4-6-15(11)28-20(17)23-21/h7,9,16H,3-6,8H2,1-2H3,(H,22,23,25)/t16-/m0/s1. The Labute approximate surface area is 175 Å². The van der Waals surface area contributed by atoms with Gasteiger partial charge in [0.05, 0.1) is 24.9 Å². The topological polar surface area (TPSA) is 81.3 Å². The maximum atomic E-state index is 12.9. The van der Waals surface area contributed by atoms with E-state index in [4.69, 9.17) is 14.5 Å². The predicted molar refractivity (Wildman–Crippen MR) is 114 cm³/mol. The lowest BCUT2D eigenvalue weighted by molar-refractivity contribution is 0.1000. The number of methoxy groups -OCH3 is 2. The number of benzene rings is 1. The quantitative estimate of drug-likeness (QED) is 0.637. The van der Waals surface area contributed by atoms with Crippen molar-refractivity contribution in [2.24, 2.45) is 0 Å². The van der Waals surface area contributed by atoms with Crippen LogP contribution >= 0.6 is 23.1 Å². The van der Waals surface area contributed by atoms with Crippen LogP contribution in [0.4, 0.5) is 0 Å². The van der Waals surface area contributed by atoms with Crippen LogP contribution in [0.1, 0.15) is 39.2 Å². The first kappa shape index (κ1) is 18.7. The smallest absolute Gasteiger partial charge is 0.260 e. The van der Waals surface area contributed by atoms with E-state index in [1.807, 2.05) is 6.07 Å². The number of ketones is 1. The molecular formula is C21H20N2O4S2. The maximum absolute atomic E-state index is 12.9. The summed E-state index contributed by atoms with van der Waals surface area (Å²) < 4.78 is 10.7. The van der Waals surface area contributed by atoms with Crippen LogP contribution in [0.25, 0.3) is 10.2 Å². The number of aromatic nitrogens is 2. The summed E-state index contributed by atoms with van der Waals surface area (Å²) in [5, 5.41) is 0.924. The Bertz CT molecular complexity index is 1200. The number of hydrogen-bond acceptors (Lipinski definition) is 7. The lowest BCUT2D eigenvalue weighted by atomic mass is 9.97. The highest BCUT2D eigenvalue weighted by Crippen LogP contribution is 2.40. The minimum atomic E-state index is -0.322. The second kappa shape index (κ2) is 7.18. The van der Waals surface area contributed by atoms with Crippen molar-refractivity contribution >= 4 is 39.1 Å². The molecule has 0 radical (unpaired) electrons. The molecule has 3 aromatic rings. The number of Topliss-reactive ketones (excluding diaryl/α,β-unsaturated/α-hetero) is 1. The minimum absolute atomic E-state index is 0.0270. The number of fused-ring (bicyclic) bond motifs is 4. The summed E-state index contributed by atoms with van der Waals surface area (Å²) in [5.74, 6) is 1.18. The Hall–Kier alpha value is -2.32. The number of hydrogen-bond donors (Lipinski definition) is 1. The van der Waals surface area contributed by atoms with Crippen molar-refractivity contribution in [2.45, 2.75) is 42.5 Å². The predicted octanol–water partition coefficient (Wildman–Crippen LogP) is 3.78. The number of thioether (sulfide) groups is 1. The van der Waals surface area contributed by atoms with E-state index in [1.165, 1.54) is 28.6 Å². The van der Waals surface area contributed by atoms with Gasteiger partial charge in [-0.3, -0.25) is 9.59 Å². The van der Waals surface area contributed by atoms with Gasteiger partial charge in [-0.25, -0.2) is 4.98 Å². The first-order valence-electron chi connectivity index (χ1n) is 9.59. The van der Waals surface area contributed by atoms with Gasteiger partial charge in [-0.15, -0.1) is 11.3 Å². The highest BCUT2D eigenvalue weighted by molar-refractivity contribution is 8.00. The van der Waals surface area contributed by atoms with Gasteiger partial charge in [-0.1, -0.05) is 11.8 Å². The van der Waals surface area contributed by atoms with Crippen LogP contribution < -0.4 is 15.0 Å². The van der Waals surface area contributed by atoms with Gasteiger partial charge in [0.25, 0.3) is 5.56 Å². The molecule has 1 N–H and O–H groups in total. The van der Waals surface area contributed by atoms with Crippen LogP contribution in [0.5, 0.6) is 11.5 Å². The second-order valence-electron chi connectivity index (χ2n) is 7.30. The number of nitrogens with one attached hydrogen (secondary N) is 1. The molecule has 1 atom stereocenters. The largest absolute Gasteiger partial charge is 0.493 e. The molecule has 29 heavy (non-hydrogen) atoms. The van der Waals surface area contributed by atoms with Gasteiger partial charge >= 0.3 is 0 Å². The summed E-state index contributed by atoms with van der Waals surface area (Å²) in [5.41, 5.74) is 2.66. The zero-order valence-corrected chi connectivity index (χ0v) is 17.8. The van der Waals surface area contributed by atoms with E-state index in [0.717, 1.165) is 35.0 Å². The van der Waals surface area contributed by atoms with Gasteiger partial charge < -0.3 is 14.5 Å². The average Bonchev–Trinajstić information content (AvgIpc) is 3.24. The molecule has 1 aromatic carbocycles. The maximum Gasteiger partial charge on any atom is 0.260 e. The number of H-pyrrole nitrogens is 1. The van der Waals surface area contributed by atoms with E-state index in [2.05, 4.69) is 4.98 Å². The Morgan fingerprint density at radius 1 is 1.14 bits per heavy atom. The molecule has 0 fully saturated rings. The molecule has 0 saturated heterocycles. The molecule has 0 bridgehead atoms. The fraction of sp³-hybridized carbons (Fsp3) is 0.381. The number of carbonyl (C=O) groups is 1. The van der Waals surface area contributed by atoms with E-state index in [0.29, 0.717) is 28.6 Å². The molecule has 150 valence electrons. The van der Waals surface area contributed by atoms with Crippen molar-refractivity contribution in [1.82, 2.24) is 9.97 Å². The van der Waals surface area contributed by atoms with Crippen molar-refractivity contribution in [3.05, 3.63) is 44.1 Å². The summed E-state index contributed by atoms with van der Waals surface area (Å²) in [4.78, 5) is 35.4. The highest BCUT2D eigenvalue weighted by atomic mass is 32.2. The molecule has 0 aliphatic heterocycles. The molecule has 2 aromatic heterocycles. The molecular weight excluding hydrogens is 408 g/mol. The highest BCUT2D eigenvalue weighted by Gasteiger charge is 2.34. The van der Waals surface area contributed by atoms with E-state index >= 15 is 0 Å². The zero-order valence-electron chi connectivity index (χ0n) is 16.2. The molecule has 2 aliphatic carbocycles. The number of nitrogens with zero attached hydrogens (tertiary/aromatic N) is 1. The third-order valence-electron chi connectivity index (χ3n) is 5.63. The summed E-state index contributed by atoms with van der Waals surface area (Å²) in [7, 11) is 3.14. The molecule has 5 rings (SSSR count). The van der Waals surface area contributed by atoms with Crippen LogP contribution in [0.3, 0.4) is 0 Å². The number of carbonyl (C=O) groups excluding carboxylic acids is 1. The van der Waals surface area contributed by atoms with E-state index < -0.39 is 0 Å². The van der Waals surface area contributed by atoms with E-state index in [1.54, 1.807) is 31.6 Å². The van der Waals surface area contributed by atoms with Crippen LogP contribution in [0.2, 0.25) is 0 Å². The van der Waals surface area contributed by atoms with Crippen molar-refractivity contribution in [3.8, 4) is 11.5 Å². The van der Waals surface area contributed by atoms with Crippen LogP contribution in [0, 0.1) is 0 Å². The lowest BCUT2D eigenvalue weighted by Crippen LogP contribution is -2.15. The normalized spacial score (nSPS) is 18.0. The molecule has 8 heteroatoms. The van der Waals surface area contributed by atoms with E-state index in [9.17, 15) is 9.59 Å². The molecule has 0 amide bonds. The van der Waals surface area contributed by atoms with Gasteiger partial charge in [-0.2, -0.15) is 0 Å². The van der Waals surface area contributed by atoms with Crippen molar-refractivity contribution in [3.63, 3.8) is 0 Å². The van der Waals surface area contributed by atoms with Crippen LogP contribution in [-0.2, 0) is 19.3 Å². The molecule has 0 spiro atoms. The fourth-order valence-corrected chi connectivity index (χ4v) is 6.60. The summed E-state index contributed by atoms with van der Waals surface area (Å²) in [6.07, 6.45) is 4.84. The van der Waals surface area contributed by atoms with Crippen molar-refractivity contribution in [2.75, 3.05) is 14.2 Å². The van der Waals surface area contributed by atoms with Gasteiger partial charge in [0.15, 0.2) is 22.4 Å². The zero-order chi connectivity index (χ0) is 20.1. The van der Waals surface area contributed by atoms with Gasteiger partial charge in [0, 0.05) is 10.4 Å². The van der Waals surface area contributed by atoms with Gasteiger partial charge in [-0.05, 0) is 55.4 Å². The van der Waals surface area contributed by atoms with E-state index in [-0.39, 0.29) is 16.6 Å². The Morgan fingerprint density at radius 2 is 1.90 bits per heavy atom. The summed E-state index contributed by atoms with van der Waals surface area (Å²) in [6, 6.07) is 3.60. The molecule has 0 saturated carbocycles. The fourth-order valence-electron chi connectivity index (χ4n) is 4.22. The number of aromatic amines is 1. The monoisotopic (exact) mass is 428 g/mol. The number of thiophene rings is 1. The average molecular weight is 429 g/mol. The third-order valence-corrected chi connectivity index (χ3v) is 7.90. The number of rotatable bonds is 4. The summed E-state index contributed by atoms with van der Waals surface area (Å²) >= 11 is 2.95. The van der Waals surface area contributed by atoms with Gasteiger partial charge in [0.1, 0.15) is 4.83 Å². The van der Waals surface area contributed by atoms with Crippen LogP contribution in [-0.4, -0.2) is 35.2 Å². The lowest BCUT2D eigenvalue weighted by Gasteiger charge is -2.09. The molecule has 6 nitrogen and oxygen atoms in total. The number of ether oxygens (including phenoxy) is 2. The minimum Gasteiger partial charge on any atom is -0.493 e. The summed E-state index contributed by atoms with van der Waals surface area (Å²) in [6.45, 7) is 0. The molecule has 2 heterocycles. The molecule has 0 unspecified atom stereocenters. The Morgan fingerprint density at radius 3 is 2.69 bits per heavy atom. The van der Waals surface area contributed by atoms with Gasteiger partial charge in [0.2, 0.25) is 0 Å². The third kappa shape index (κ3) is 3.05. The molecule has 2 aliphatic rings. The Balaban J connectivity index is 1.47. The SMILES string of the molecule is COc1cc2c(cc1OC)C(=O)[C@@H](Sc1nc3sc4c(c3c(=O)[nH]1)CCCC4)C2. The van der Waals surface area contributed by atoms with Crippen LogP contribution in [0.15, 0.2) is 22.1 Å². The number of aryl methyl sites for hydroxylation is 2. The van der Waals surface area contributed by atoms with Crippen molar-refractivity contribution in [1.29, 1.82) is 0 Å². The Kier molecular flexibility index (Phi) is 4.63. The first-order valence-corrected chi connectivity index (χ1v) is 11.3. The first-order chi connectivity index (χ1) is 14.1. The second-order valence-corrected chi connectivity index (χ2v) is 9.58.